The maximum Gasteiger partial charge on any atom is 1.00 e. The fourth-order valence-electron chi connectivity index (χ4n) is 12.0. The van der Waals surface area contributed by atoms with E-state index in [2.05, 4.69) is 39.6 Å². The van der Waals surface area contributed by atoms with Gasteiger partial charge in [-0.1, -0.05) is 27.7 Å². The third-order valence-corrected chi connectivity index (χ3v) is 19.7. The third-order valence-electron chi connectivity index (χ3n) is 15.0. The molecule has 1 N–H and O–H groups in total. The number of hydrogen-bond acceptors (Lipinski definition) is 10. The predicted molar refractivity (Wildman–Crippen MR) is 224 cm³/mol. The van der Waals surface area contributed by atoms with Gasteiger partial charge in [0, 0.05) is 61.1 Å². The van der Waals surface area contributed by atoms with Crippen LogP contribution in [0.2, 0.25) is 0 Å². The summed E-state index contributed by atoms with van der Waals surface area (Å²) in [5.41, 5.74) is -2.64. The molecule has 328 valence electrons. The van der Waals surface area contributed by atoms with Crippen LogP contribution in [0.4, 0.5) is 0 Å². The predicted octanol–water partition coefficient (Wildman–Crippen LogP) is 2.27. The summed E-state index contributed by atoms with van der Waals surface area (Å²) in [6.45, 7) is 31.1. The summed E-state index contributed by atoms with van der Waals surface area (Å²) in [7, 11) is -3.19. The number of carbonyl (C=O) groups excluding carboxylic acids is 1. The van der Waals surface area contributed by atoms with Gasteiger partial charge in [0.1, 0.15) is 5.78 Å². The van der Waals surface area contributed by atoms with Gasteiger partial charge in [-0.25, -0.2) is 16.8 Å². The molecule has 0 spiro atoms. The second-order valence-corrected chi connectivity index (χ2v) is 23.9. The van der Waals surface area contributed by atoms with E-state index in [0.29, 0.717) is 44.4 Å². The number of aliphatic hydroxyl groups is 1. The third kappa shape index (κ3) is 10.1. The summed E-state index contributed by atoms with van der Waals surface area (Å²) < 4.78 is 66.8. The minimum atomic E-state index is -3.50. The molecule has 0 aromatic rings. The first-order valence-electron chi connectivity index (χ1n) is 21.4. The van der Waals surface area contributed by atoms with Crippen LogP contribution < -0.4 is 18.9 Å². The molecule has 6 fully saturated rings. The van der Waals surface area contributed by atoms with E-state index in [4.69, 9.17) is 9.47 Å². The Balaban J connectivity index is 0.000000263. The second-order valence-electron chi connectivity index (χ2n) is 20.1. The van der Waals surface area contributed by atoms with Crippen molar-refractivity contribution in [3.8, 4) is 0 Å². The largest absolute Gasteiger partial charge is 1.00 e. The average Bonchev–Trinajstić information content (AvgIpc) is 3.57. The van der Waals surface area contributed by atoms with Crippen molar-refractivity contribution in [2.45, 2.75) is 151 Å². The number of hydrogen-bond donors (Lipinski definition) is 1. The number of ether oxygens (including phenoxy) is 2. The Morgan fingerprint density at radius 3 is 1.53 bits per heavy atom. The molecule has 5 unspecified atom stereocenters. The molecule has 0 amide bonds. The second kappa shape index (κ2) is 19.1. The number of carbonyl (C=O) groups is 1. The van der Waals surface area contributed by atoms with E-state index < -0.39 is 36.5 Å². The van der Waals surface area contributed by atoms with Crippen LogP contribution >= 0.6 is 0 Å². The first-order chi connectivity index (χ1) is 25.7. The summed E-state index contributed by atoms with van der Waals surface area (Å²) in [5, 5.41) is 12.0. The molecular weight excluding hydrogens is 760 g/mol. The molecule has 5 atom stereocenters. The minimum Gasteiger partial charge on any atom is -0.455 e. The van der Waals surface area contributed by atoms with Crippen molar-refractivity contribution in [1.82, 2.24) is 18.4 Å². The molecule has 2 saturated heterocycles. The van der Waals surface area contributed by atoms with Crippen LogP contribution in [-0.4, -0.2) is 147 Å². The Hall–Kier alpha value is -0.113. The van der Waals surface area contributed by atoms with Gasteiger partial charge in [-0.05, 0) is 123 Å². The molecular formula is C42H79LiN4O8S2. The van der Waals surface area contributed by atoms with Gasteiger partial charge in [-0.15, -0.1) is 0 Å². The number of morpholine rings is 2. The molecule has 0 aromatic heterocycles. The molecule has 15 heteroatoms. The summed E-state index contributed by atoms with van der Waals surface area (Å²) in [6, 6.07) is -0.336. The monoisotopic (exact) mass is 839 g/mol. The van der Waals surface area contributed by atoms with Crippen LogP contribution in [0.5, 0.6) is 0 Å². The van der Waals surface area contributed by atoms with Crippen molar-refractivity contribution < 1.29 is 55.1 Å². The van der Waals surface area contributed by atoms with E-state index in [0.717, 1.165) is 65.1 Å². The normalized spacial score (nSPS) is 32.6. The topological polar surface area (TPSA) is 137 Å². The quantitative estimate of drug-likeness (QED) is 0.231. The van der Waals surface area contributed by atoms with Gasteiger partial charge in [-0.3, -0.25) is 16.7 Å². The molecule has 4 aliphatic carbocycles. The van der Waals surface area contributed by atoms with Gasteiger partial charge in [0.15, 0.2) is 0 Å². The minimum absolute atomic E-state index is 0. The Morgan fingerprint density at radius 2 is 1.16 bits per heavy atom. The zero-order valence-electron chi connectivity index (χ0n) is 38.1. The summed E-state index contributed by atoms with van der Waals surface area (Å²) >= 11 is 0. The fourth-order valence-corrected chi connectivity index (χ4v) is 17.6. The van der Waals surface area contributed by atoms with Gasteiger partial charge in [-0.2, -0.15) is 8.61 Å². The van der Waals surface area contributed by atoms with Crippen molar-refractivity contribution in [2.24, 2.45) is 33.5 Å². The van der Waals surface area contributed by atoms with Gasteiger partial charge < -0.3 is 19.5 Å². The first-order valence-corrected chi connectivity index (χ1v) is 24.6. The SMILES string of the molecule is CC(C)N(C(C)C)S(=O)(=O)CC12CCC(CC1(O)CN1CCOCC1)C2(C)C.CC(C)N(C(C)C)S(=O)(=O)CC12CCC(CC1=O)C2(C)C.[CH2-]N1CCOCC1.[Li+]. The Kier molecular flexibility index (Phi) is 17.2. The van der Waals surface area contributed by atoms with Crippen LogP contribution in [0.1, 0.15) is 122 Å². The Labute approximate surface area is 360 Å². The maximum atomic E-state index is 13.6. The summed E-state index contributed by atoms with van der Waals surface area (Å²) in [4.78, 5) is 16.8. The van der Waals surface area contributed by atoms with Crippen molar-refractivity contribution >= 4 is 25.8 Å². The van der Waals surface area contributed by atoms with Gasteiger partial charge >= 0.3 is 18.9 Å². The zero-order valence-corrected chi connectivity index (χ0v) is 39.7. The molecule has 0 aromatic carbocycles. The van der Waals surface area contributed by atoms with Crippen LogP contribution in [0, 0.1) is 40.5 Å². The number of sulfonamides is 2. The van der Waals surface area contributed by atoms with Crippen molar-refractivity contribution in [3.05, 3.63) is 7.05 Å². The number of nitrogens with zero attached hydrogens (tertiary/aromatic N) is 4. The molecule has 57 heavy (non-hydrogen) atoms. The molecule has 12 nitrogen and oxygen atoms in total. The van der Waals surface area contributed by atoms with Crippen LogP contribution in [0.15, 0.2) is 0 Å². The molecule has 2 aliphatic heterocycles. The zero-order chi connectivity index (χ0) is 42.3. The van der Waals surface area contributed by atoms with Crippen LogP contribution in [0.25, 0.3) is 0 Å². The molecule has 6 aliphatic rings. The maximum absolute atomic E-state index is 13.6. The molecule has 4 saturated carbocycles. The molecule has 0 radical (unpaired) electrons. The number of Topliss-reactive ketones (excluding diaryl/α,β-unsaturated/α-hetero) is 1. The number of rotatable bonds is 12. The van der Waals surface area contributed by atoms with E-state index in [-0.39, 0.29) is 71.1 Å². The van der Waals surface area contributed by atoms with E-state index >= 15 is 0 Å². The Bertz CT molecular complexity index is 1550. The van der Waals surface area contributed by atoms with Crippen LogP contribution in [-0.2, 0) is 34.3 Å². The molecule has 6 rings (SSSR count). The Morgan fingerprint density at radius 1 is 0.719 bits per heavy atom. The molecule has 2 heterocycles. The first kappa shape index (κ1) is 51.2. The van der Waals surface area contributed by atoms with Gasteiger partial charge in [0.05, 0.1) is 43.5 Å². The van der Waals surface area contributed by atoms with Crippen LogP contribution in [0.3, 0.4) is 0 Å². The van der Waals surface area contributed by atoms with E-state index in [1.807, 2.05) is 60.3 Å². The van der Waals surface area contributed by atoms with Crippen molar-refractivity contribution in [2.75, 3.05) is 70.7 Å². The van der Waals surface area contributed by atoms with E-state index in [1.54, 1.807) is 8.61 Å². The smallest absolute Gasteiger partial charge is 0.455 e. The van der Waals surface area contributed by atoms with Crippen molar-refractivity contribution in [3.63, 3.8) is 0 Å². The number of fused-ring (bicyclic) bond motifs is 4. The van der Waals surface area contributed by atoms with Gasteiger partial charge in [0.25, 0.3) is 0 Å². The van der Waals surface area contributed by atoms with E-state index in [1.165, 1.54) is 0 Å². The number of ketones is 1. The standard InChI is InChI=1S/C21H40N2O4S.C16H29NO3S.C5H10NO.Li/c1-16(2)23(17(3)4)28(25,26)15-20-8-7-18(19(20,5)6)13-21(20,24)14-22-9-11-27-12-10-22;1-11(2)17(12(3)4)21(19,20)10-16-8-7-13(9-14(16)18)15(16,5)6;1-6-2-4-7-5-3-6;/h16-18,24H,7-15H2,1-6H3;11-13H,7-10H2,1-6H3;1-5H2;/q;;-1;+1. The van der Waals surface area contributed by atoms with Crippen molar-refractivity contribution in [1.29, 1.82) is 0 Å². The average molecular weight is 839 g/mol. The fraction of sp³-hybridized carbons (Fsp3) is 0.952. The summed E-state index contributed by atoms with van der Waals surface area (Å²) in [5.74, 6) is 0.922. The van der Waals surface area contributed by atoms with E-state index in [9.17, 15) is 26.7 Å². The number of β-amino-alcohol motifs (C(OH)–C–C–N with tert-alkyl or cyclic N) is 1. The molecule has 4 bridgehead atoms. The van der Waals surface area contributed by atoms with Gasteiger partial charge in [0.2, 0.25) is 20.0 Å². The summed E-state index contributed by atoms with van der Waals surface area (Å²) in [6.07, 6.45) is 4.78.